The summed E-state index contributed by atoms with van der Waals surface area (Å²) in [4.78, 5) is 20.9. The zero-order chi connectivity index (χ0) is 18.0. The second-order valence-corrected chi connectivity index (χ2v) is 7.73. The largest absolute Gasteiger partial charge is 0.465 e. The molecule has 140 valence electrons. The first-order valence-electron chi connectivity index (χ1n) is 9.95. The number of aromatic nitrogens is 2. The third-order valence-electron chi connectivity index (χ3n) is 5.98. The Balaban J connectivity index is 1.61. The summed E-state index contributed by atoms with van der Waals surface area (Å²) in [6, 6.07) is 6.10. The van der Waals surface area contributed by atoms with E-state index in [4.69, 9.17) is 14.5 Å². The summed E-state index contributed by atoms with van der Waals surface area (Å²) in [5.74, 6) is 1.63. The van der Waals surface area contributed by atoms with Crippen LogP contribution in [0.4, 0.5) is 0 Å². The van der Waals surface area contributed by atoms with Gasteiger partial charge in [-0.1, -0.05) is 38.2 Å². The summed E-state index contributed by atoms with van der Waals surface area (Å²) in [6.45, 7) is 3.21. The molecule has 0 radical (unpaired) electrons. The van der Waals surface area contributed by atoms with Gasteiger partial charge in [0, 0.05) is 13.0 Å². The van der Waals surface area contributed by atoms with Crippen LogP contribution in [-0.4, -0.2) is 35.8 Å². The highest BCUT2D eigenvalue weighted by molar-refractivity contribution is 5.86. The SMILES string of the molecule is CCOC(=O)C1(c2ccc3nc(CC4CCCCC4)[nH]c3c2)CCOC1. The maximum absolute atomic E-state index is 12.6. The van der Waals surface area contributed by atoms with E-state index in [9.17, 15) is 4.79 Å². The molecule has 4 rings (SSSR count). The van der Waals surface area contributed by atoms with E-state index < -0.39 is 5.41 Å². The second kappa shape index (κ2) is 7.39. The minimum absolute atomic E-state index is 0.182. The quantitative estimate of drug-likeness (QED) is 0.825. The van der Waals surface area contributed by atoms with Crippen LogP contribution < -0.4 is 0 Å². The molecule has 0 amide bonds. The van der Waals surface area contributed by atoms with Crippen LogP contribution in [0.2, 0.25) is 0 Å². The van der Waals surface area contributed by atoms with Crippen LogP contribution in [-0.2, 0) is 26.1 Å². The van der Waals surface area contributed by atoms with Crippen molar-refractivity contribution in [2.24, 2.45) is 5.92 Å². The topological polar surface area (TPSA) is 64.2 Å². The monoisotopic (exact) mass is 356 g/mol. The number of H-pyrrole nitrogens is 1. The lowest BCUT2D eigenvalue weighted by atomic mass is 9.79. The summed E-state index contributed by atoms with van der Waals surface area (Å²) in [6.07, 6.45) is 8.37. The van der Waals surface area contributed by atoms with E-state index in [1.807, 2.05) is 19.1 Å². The van der Waals surface area contributed by atoms with Crippen molar-refractivity contribution in [1.29, 1.82) is 0 Å². The smallest absolute Gasteiger partial charge is 0.319 e. The van der Waals surface area contributed by atoms with Crippen LogP contribution in [0.5, 0.6) is 0 Å². The van der Waals surface area contributed by atoms with E-state index >= 15 is 0 Å². The number of aromatic amines is 1. The van der Waals surface area contributed by atoms with Crippen molar-refractivity contribution in [1.82, 2.24) is 9.97 Å². The summed E-state index contributed by atoms with van der Waals surface area (Å²) in [5.41, 5.74) is 2.26. The minimum atomic E-state index is -0.682. The Morgan fingerprint density at radius 2 is 2.19 bits per heavy atom. The lowest BCUT2D eigenvalue weighted by molar-refractivity contribution is -0.150. The molecule has 2 heterocycles. The van der Waals surface area contributed by atoms with E-state index in [1.165, 1.54) is 32.1 Å². The molecular formula is C21H28N2O3. The third-order valence-corrected chi connectivity index (χ3v) is 5.98. The number of carbonyl (C=O) groups excluding carboxylic acids is 1. The first kappa shape index (κ1) is 17.5. The summed E-state index contributed by atoms with van der Waals surface area (Å²) >= 11 is 0. The molecule has 1 N–H and O–H groups in total. The van der Waals surface area contributed by atoms with E-state index in [0.29, 0.717) is 26.2 Å². The fourth-order valence-corrected chi connectivity index (χ4v) is 4.46. The number of benzene rings is 1. The number of nitrogens with zero attached hydrogens (tertiary/aromatic N) is 1. The van der Waals surface area contributed by atoms with Gasteiger partial charge in [0.15, 0.2) is 0 Å². The van der Waals surface area contributed by atoms with Gasteiger partial charge in [0.05, 0.1) is 24.2 Å². The zero-order valence-electron chi connectivity index (χ0n) is 15.6. The van der Waals surface area contributed by atoms with E-state index in [2.05, 4.69) is 11.1 Å². The number of fused-ring (bicyclic) bond motifs is 1. The van der Waals surface area contributed by atoms with Gasteiger partial charge in [-0.15, -0.1) is 0 Å². The highest BCUT2D eigenvalue weighted by atomic mass is 16.5. The molecule has 26 heavy (non-hydrogen) atoms. The van der Waals surface area contributed by atoms with Crippen molar-refractivity contribution >= 4 is 17.0 Å². The number of carbonyl (C=O) groups is 1. The lowest BCUT2D eigenvalue weighted by Gasteiger charge is -2.25. The van der Waals surface area contributed by atoms with Crippen molar-refractivity contribution in [2.75, 3.05) is 19.8 Å². The molecule has 2 fully saturated rings. The average molecular weight is 356 g/mol. The molecule has 1 unspecified atom stereocenters. The van der Waals surface area contributed by atoms with Gasteiger partial charge in [-0.25, -0.2) is 4.98 Å². The molecule has 0 spiro atoms. The van der Waals surface area contributed by atoms with Gasteiger partial charge in [0.1, 0.15) is 11.2 Å². The van der Waals surface area contributed by atoms with Gasteiger partial charge in [0.25, 0.3) is 0 Å². The second-order valence-electron chi connectivity index (χ2n) is 7.73. The van der Waals surface area contributed by atoms with Crippen molar-refractivity contribution in [3.8, 4) is 0 Å². The number of esters is 1. The molecule has 1 aromatic carbocycles. The summed E-state index contributed by atoms with van der Waals surface area (Å²) in [5, 5.41) is 0. The van der Waals surface area contributed by atoms with Gasteiger partial charge in [0.2, 0.25) is 0 Å². The van der Waals surface area contributed by atoms with Gasteiger partial charge in [-0.3, -0.25) is 4.79 Å². The highest BCUT2D eigenvalue weighted by Gasteiger charge is 2.45. The molecule has 1 saturated carbocycles. The molecule has 0 bridgehead atoms. The van der Waals surface area contributed by atoms with Gasteiger partial charge >= 0.3 is 5.97 Å². The molecule has 1 aliphatic heterocycles. The number of ether oxygens (including phenoxy) is 2. The summed E-state index contributed by atoms with van der Waals surface area (Å²) in [7, 11) is 0. The normalized spacial score (nSPS) is 24.2. The predicted octanol–water partition coefficient (Wildman–Crippen LogP) is 3.91. The van der Waals surface area contributed by atoms with Crippen molar-refractivity contribution in [3.63, 3.8) is 0 Å². The predicted molar refractivity (Wildman–Crippen MR) is 100 cm³/mol. The number of hydrogen-bond acceptors (Lipinski definition) is 4. The Hall–Kier alpha value is -1.88. The number of rotatable bonds is 5. The Labute approximate surface area is 154 Å². The molecular weight excluding hydrogens is 328 g/mol. The van der Waals surface area contributed by atoms with Crippen LogP contribution in [0.1, 0.15) is 56.8 Å². The van der Waals surface area contributed by atoms with Gasteiger partial charge in [-0.2, -0.15) is 0 Å². The third kappa shape index (κ3) is 3.25. The zero-order valence-corrected chi connectivity index (χ0v) is 15.6. The molecule has 1 atom stereocenters. The van der Waals surface area contributed by atoms with Crippen LogP contribution in [0.15, 0.2) is 18.2 Å². The van der Waals surface area contributed by atoms with Crippen LogP contribution >= 0.6 is 0 Å². The Bertz CT molecular complexity index is 771. The van der Waals surface area contributed by atoms with Crippen LogP contribution in [0, 0.1) is 5.92 Å². The molecule has 1 saturated heterocycles. The summed E-state index contributed by atoms with van der Waals surface area (Å²) < 4.78 is 10.9. The Kier molecular flexibility index (Phi) is 4.98. The van der Waals surface area contributed by atoms with Gasteiger partial charge in [-0.05, 0) is 37.0 Å². The first-order valence-corrected chi connectivity index (χ1v) is 9.95. The minimum Gasteiger partial charge on any atom is -0.465 e. The standard InChI is InChI=1S/C21H28N2O3/c1-2-26-20(24)21(10-11-25-14-21)16-8-9-17-18(13-16)23-19(22-17)12-15-6-4-3-5-7-15/h8-9,13,15H,2-7,10-12,14H2,1H3,(H,22,23). The molecule has 1 aromatic heterocycles. The van der Waals surface area contributed by atoms with Crippen molar-refractivity contribution < 1.29 is 14.3 Å². The fourth-order valence-electron chi connectivity index (χ4n) is 4.46. The Morgan fingerprint density at radius 1 is 1.35 bits per heavy atom. The van der Waals surface area contributed by atoms with Crippen molar-refractivity contribution in [2.45, 2.75) is 57.3 Å². The van der Waals surface area contributed by atoms with Crippen LogP contribution in [0.25, 0.3) is 11.0 Å². The maximum atomic E-state index is 12.6. The molecule has 2 aliphatic rings. The van der Waals surface area contributed by atoms with Crippen molar-refractivity contribution in [3.05, 3.63) is 29.6 Å². The molecule has 5 heteroatoms. The van der Waals surface area contributed by atoms with E-state index in [1.54, 1.807) is 0 Å². The van der Waals surface area contributed by atoms with Crippen LogP contribution in [0.3, 0.4) is 0 Å². The fraction of sp³-hybridized carbons (Fsp3) is 0.619. The molecule has 2 aromatic rings. The highest BCUT2D eigenvalue weighted by Crippen LogP contribution is 2.36. The lowest BCUT2D eigenvalue weighted by Crippen LogP contribution is -2.38. The average Bonchev–Trinajstić information content (AvgIpc) is 3.29. The van der Waals surface area contributed by atoms with E-state index in [0.717, 1.165) is 34.8 Å². The van der Waals surface area contributed by atoms with E-state index in [-0.39, 0.29) is 5.97 Å². The molecule has 5 nitrogen and oxygen atoms in total. The first-order chi connectivity index (χ1) is 12.7. The number of imidazole rings is 1. The molecule has 1 aliphatic carbocycles. The number of hydrogen-bond donors (Lipinski definition) is 1. The van der Waals surface area contributed by atoms with Gasteiger partial charge < -0.3 is 14.5 Å². The maximum Gasteiger partial charge on any atom is 0.319 e. The Morgan fingerprint density at radius 3 is 2.92 bits per heavy atom. The number of nitrogens with one attached hydrogen (secondary N) is 1.